The van der Waals surface area contributed by atoms with Crippen LogP contribution in [0.2, 0.25) is 0 Å². The summed E-state index contributed by atoms with van der Waals surface area (Å²) in [7, 11) is 0. The Morgan fingerprint density at radius 2 is 1.78 bits per heavy atom. The van der Waals surface area contributed by atoms with Crippen LogP contribution in [-0.4, -0.2) is 12.6 Å². The molecule has 23 heavy (non-hydrogen) atoms. The van der Waals surface area contributed by atoms with Crippen molar-refractivity contribution in [1.29, 1.82) is 0 Å². The molecular formula is C20H25NO2. The van der Waals surface area contributed by atoms with E-state index in [1.807, 2.05) is 6.07 Å². The summed E-state index contributed by atoms with van der Waals surface area (Å²) < 4.78 is 5.00. The van der Waals surface area contributed by atoms with Crippen molar-refractivity contribution < 1.29 is 9.53 Å². The molecule has 3 heteroatoms. The molecule has 1 atom stereocenters. The molecule has 0 heterocycles. The summed E-state index contributed by atoms with van der Waals surface area (Å²) in [5, 5.41) is 0. The topological polar surface area (TPSA) is 52.3 Å². The second kappa shape index (κ2) is 7.42. The molecule has 2 N–H and O–H groups in total. The number of carbonyl (C=O) groups is 1. The molecule has 3 nitrogen and oxygen atoms in total. The first kappa shape index (κ1) is 17.2. The highest BCUT2D eigenvalue weighted by Gasteiger charge is 2.15. The van der Waals surface area contributed by atoms with Gasteiger partial charge in [0.15, 0.2) is 0 Å². The standard InChI is InChI=1S/C20H25NO2/c1-5-23-19(22)12-18(21)16-9-13(2)10-17(11-16)20-14(3)7-6-8-15(20)4/h6-11,18H,5,12,21H2,1-4H3/t18-/m0/s1. The van der Waals surface area contributed by atoms with E-state index in [2.05, 4.69) is 51.1 Å². The van der Waals surface area contributed by atoms with Gasteiger partial charge in [-0.3, -0.25) is 4.79 Å². The van der Waals surface area contributed by atoms with E-state index in [0.717, 1.165) is 16.7 Å². The number of hydrogen-bond donors (Lipinski definition) is 1. The van der Waals surface area contributed by atoms with Crippen molar-refractivity contribution in [2.45, 2.75) is 40.2 Å². The normalized spacial score (nSPS) is 12.0. The summed E-state index contributed by atoms with van der Waals surface area (Å²) in [5.41, 5.74) is 13.2. The summed E-state index contributed by atoms with van der Waals surface area (Å²) in [6, 6.07) is 12.2. The van der Waals surface area contributed by atoms with Gasteiger partial charge in [0.05, 0.1) is 13.0 Å². The molecule has 0 aliphatic heterocycles. The van der Waals surface area contributed by atoms with E-state index in [4.69, 9.17) is 10.5 Å². The number of carbonyl (C=O) groups excluding carboxylic acids is 1. The summed E-state index contributed by atoms with van der Waals surface area (Å²) in [5.74, 6) is -0.255. The Kier molecular flexibility index (Phi) is 5.56. The molecule has 0 fully saturated rings. The smallest absolute Gasteiger partial charge is 0.307 e. The van der Waals surface area contributed by atoms with Crippen molar-refractivity contribution in [3.8, 4) is 11.1 Å². The fourth-order valence-electron chi connectivity index (χ4n) is 2.96. The third-order valence-corrected chi connectivity index (χ3v) is 3.99. The van der Waals surface area contributed by atoms with Crippen LogP contribution < -0.4 is 5.73 Å². The molecule has 0 spiro atoms. The van der Waals surface area contributed by atoms with Gasteiger partial charge in [0.25, 0.3) is 0 Å². The van der Waals surface area contributed by atoms with Crippen LogP contribution in [0.1, 0.15) is 41.6 Å². The van der Waals surface area contributed by atoms with Crippen molar-refractivity contribution in [2.75, 3.05) is 6.61 Å². The zero-order chi connectivity index (χ0) is 17.0. The van der Waals surface area contributed by atoms with Crippen LogP contribution in [0.4, 0.5) is 0 Å². The Balaban J connectivity index is 2.38. The third-order valence-electron chi connectivity index (χ3n) is 3.99. The van der Waals surface area contributed by atoms with Gasteiger partial charge in [0, 0.05) is 6.04 Å². The predicted molar refractivity (Wildman–Crippen MR) is 94.3 cm³/mol. The molecule has 2 aromatic carbocycles. The fraction of sp³-hybridized carbons (Fsp3) is 0.350. The van der Waals surface area contributed by atoms with Gasteiger partial charge in [-0.25, -0.2) is 0 Å². The fourth-order valence-corrected chi connectivity index (χ4v) is 2.96. The highest BCUT2D eigenvalue weighted by atomic mass is 16.5. The summed E-state index contributed by atoms with van der Waals surface area (Å²) in [6.45, 7) is 8.46. The highest BCUT2D eigenvalue weighted by Crippen LogP contribution is 2.30. The van der Waals surface area contributed by atoms with Gasteiger partial charge in [-0.2, -0.15) is 0 Å². The van der Waals surface area contributed by atoms with E-state index in [1.54, 1.807) is 6.92 Å². The molecule has 0 radical (unpaired) electrons. The zero-order valence-electron chi connectivity index (χ0n) is 14.3. The molecular weight excluding hydrogens is 286 g/mol. The summed E-state index contributed by atoms with van der Waals surface area (Å²) >= 11 is 0. The maximum absolute atomic E-state index is 11.7. The lowest BCUT2D eigenvalue weighted by atomic mass is 9.91. The Morgan fingerprint density at radius 1 is 1.13 bits per heavy atom. The Labute approximate surface area is 138 Å². The average Bonchev–Trinajstić information content (AvgIpc) is 2.46. The maximum Gasteiger partial charge on any atom is 0.307 e. The molecule has 2 rings (SSSR count). The Morgan fingerprint density at radius 3 is 2.39 bits per heavy atom. The van der Waals surface area contributed by atoms with Crippen molar-refractivity contribution >= 4 is 5.97 Å². The number of rotatable bonds is 5. The SMILES string of the molecule is CCOC(=O)C[C@H](N)c1cc(C)cc(-c2c(C)cccc2C)c1. The number of esters is 1. The first-order chi connectivity index (χ1) is 10.9. The lowest BCUT2D eigenvalue weighted by Gasteiger charge is -2.16. The van der Waals surface area contributed by atoms with Gasteiger partial charge in [0.1, 0.15) is 0 Å². The van der Waals surface area contributed by atoms with E-state index in [0.29, 0.717) is 6.61 Å². The minimum atomic E-state index is -0.350. The molecule has 0 aliphatic rings. The summed E-state index contributed by atoms with van der Waals surface area (Å²) in [6.07, 6.45) is 0.198. The minimum absolute atomic E-state index is 0.198. The zero-order valence-corrected chi connectivity index (χ0v) is 14.3. The van der Waals surface area contributed by atoms with E-state index in [9.17, 15) is 4.79 Å². The van der Waals surface area contributed by atoms with Crippen LogP contribution in [0.3, 0.4) is 0 Å². The molecule has 0 amide bonds. The summed E-state index contributed by atoms with van der Waals surface area (Å²) in [4.78, 5) is 11.7. The number of ether oxygens (including phenoxy) is 1. The molecule has 0 unspecified atom stereocenters. The molecule has 0 aromatic heterocycles. The van der Waals surface area contributed by atoms with Crippen molar-refractivity contribution in [3.63, 3.8) is 0 Å². The van der Waals surface area contributed by atoms with Crippen LogP contribution in [0.5, 0.6) is 0 Å². The van der Waals surface area contributed by atoms with Gasteiger partial charge in [0.2, 0.25) is 0 Å². The monoisotopic (exact) mass is 311 g/mol. The largest absolute Gasteiger partial charge is 0.466 e. The second-order valence-corrected chi connectivity index (χ2v) is 6.01. The van der Waals surface area contributed by atoms with Gasteiger partial charge in [-0.15, -0.1) is 0 Å². The molecule has 122 valence electrons. The average molecular weight is 311 g/mol. The molecule has 2 aromatic rings. The first-order valence-corrected chi connectivity index (χ1v) is 8.01. The number of aryl methyl sites for hydroxylation is 3. The van der Waals surface area contributed by atoms with E-state index in [-0.39, 0.29) is 18.4 Å². The van der Waals surface area contributed by atoms with Gasteiger partial charge in [-0.1, -0.05) is 35.9 Å². The Bertz CT molecular complexity index is 687. The van der Waals surface area contributed by atoms with E-state index in [1.165, 1.54) is 16.7 Å². The van der Waals surface area contributed by atoms with Gasteiger partial charge >= 0.3 is 5.97 Å². The van der Waals surface area contributed by atoms with Gasteiger partial charge in [-0.05, 0) is 61.6 Å². The maximum atomic E-state index is 11.7. The third kappa shape index (κ3) is 4.20. The van der Waals surface area contributed by atoms with Crippen LogP contribution >= 0.6 is 0 Å². The van der Waals surface area contributed by atoms with Gasteiger partial charge < -0.3 is 10.5 Å². The van der Waals surface area contributed by atoms with Crippen LogP contribution in [0.15, 0.2) is 36.4 Å². The molecule has 0 aliphatic carbocycles. The highest BCUT2D eigenvalue weighted by molar-refractivity contribution is 5.73. The van der Waals surface area contributed by atoms with Crippen molar-refractivity contribution in [2.24, 2.45) is 5.73 Å². The van der Waals surface area contributed by atoms with Crippen molar-refractivity contribution in [3.05, 3.63) is 58.7 Å². The van der Waals surface area contributed by atoms with Crippen LogP contribution in [0, 0.1) is 20.8 Å². The predicted octanol–water partition coefficient (Wildman–Crippen LogP) is 4.23. The van der Waals surface area contributed by atoms with Crippen molar-refractivity contribution in [1.82, 2.24) is 0 Å². The lowest BCUT2D eigenvalue weighted by molar-refractivity contribution is -0.143. The molecule has 0 saturated heterocycles. The first-order valence-electron chi connectivity index (χ1n) is 8.01. The number of benzene rings is 2. The molecule has 0 saturated carbocycles. The van der Waals surface area contributed by atoms with E-state index >= 15 is 0 Å². The van der Waals surface area contributed by atoms with E-state index < -0.39 is 0 Å². The number of nitrogens with two attached hydrogens (primary N) is 1. The second-order valence-electron chi connectivity index (χ2n) is 6.01. The quantitative estimate of drug-likeness (QED) is 0.841. The van der Waals surface area contributed by atoms with Crippen LogP contribution in [-0.2, 0) is 9.53 Å². The lowest BCUT2D eigenvalue weighted by Crippen LogP contribution is -2.17. The number of hydrogen-bond acceptors (Lipinski definition) is 3. The molecule has 0 bridgehead atoms. The van der Waals surface area contributed by atoms with Crippen LogP contribution in [0.25, 0.3) is 11.1 Å². The minimum Gasteiger partial charge on any atom is -0.466 e. The Hall–Kier alpha value is -2.13.